The van der Waals surface area contributed by atoms with Gasteiger partial charge in [-0.25, -0.2) is 4.99 Å². The second kappa shape index (κ2) is 13.8. The molecule has 9 nitrogen and oxygen atoms in total. The molecule has 0 unspecified atom stereocenters. The predicted molar refractivity (Wildman–Crippen MR) is 136 cm³/mol. The first-order chi connectivity index (χ1) is 15.2. The van der Waals surface area contributed by atoms with Crippen LogP contribution in [0.5, 0.6) is 0 Å². The van der Waals surface area contributed by atoms with Gasteiger partial charge in [0, 0.05) is 39.2 Å². The smallest absolute Gasteiger partial charge is 0.191 e. The summed E-state index contributed by atoms with van der Waals surface area (Å²) in [5, 5.41) is 19.4. The van der Waals surface area contributed by atoms with Crippen molar-refractivity contribution < 1.29 is 4.74 Å². The molecule has 0 bridgehead atoms. The Hall–Kier alpha value is -2.47. The van der Waals surface area contributed by atoms with Crippen molar-refractivity contribution in [1.82, 2.24) is 35.2 Å². The lowest BCUT2D eigenvalue weighted by Gasteiger charge is -2.14. The Morgan fingerprint density at radius 3 is 2.62 bits per heavy atom. The topological polar surface area (TPSA) is 94.2 Å². The van der Waals surface area contributed by atoms with E-state index in [0.29, 0.717) is 13.1 Å². The van der Waals surface area contributed by atoms with E-state index in [1.165, 1.54) is 11.1 Å². The summed E-state index contributed by atoms with van der Waals surface area (Å²) in [6, 6.07) is 10.3. The molecule has 1 aromatic carbocycles. The van der Waals surface area contributed by atoms with Gasteiger partial charge in [-0.2, -0.15) is 5.10 Å². The zero-order chi connectivity index (χ0) is 21.9. The molecule has 10 heteroatoms. The fourth-order valence-corrected chi connectivity index (χ4v) is 3.07. The Kier molecular flexibility index (Phi) is 11.2. The largest absolute Gasteiger partial charge is 0.382 e. The van der Waals surface area contributed by atoms with Gasteiger partial charge in [-0.15, -0.1) is 34.2 Å². The summed E-state index contributed by atoms with van der Waals surface area (Å²) in [5.74, 6) is 2.49. The third kappa shape index (κ3) is 7.90. The van der Waals surface area contributed by atoms with Gasteiger partial charge in [-0.1, -0.05) is 24.3 Å². The standard InChI is InChI=1S/C22H32N8O.HI/c1-4-31-14-8-11-23-22(25-16-21-28-27-18(2)29(21)3)24-15-19-9-5-6-10-20(19)17-30-13-7-12-26-30;/h5-7,9-10,12-13H,4,8,11,14-17H2,1-3H3,(H2,23,24,25);1H. The summed E-state index contributed by atoms with van der Waals surface area (Å²) in [4.78, 5) is 4.82. The number of rotatable bonds is 11. The maximum Gasteiger partial charge on any atom is 0.191 e. The van der Waals surface area contributed by atoms with Gasteiger partial charge >= 0.3 is 0 Å². The average Bonchev–Trinajstić information content (AvgIpc) is 3.40. The van der Waals surface area contributed by atoms with Crippen molar-refractivity contribution in [3.63, 3.8) is 0 Å². The highest BCUT2D eigenvalue weighted by Crippen LogP contribution is 2.11. The molecular formula is C22H33IN8O. The third-order valence-corrected chi connectivity index (χ3v) is 4.98. The maximum absolute atomic E-state index is 5.43. The van der Waals surface area contributed by atoms with Gasteiger partial charge in [-0.05, 0) is 37.5 Å². The molecule has 32 heavy (non-hydrogen) atoms. The molecule has 3 rings (SSSR count). The van der Waals surface area contributed by atoms with Crippen molar-refractivity contribution in [2.45, 2.75) is 39.9 Å². The number of benzene rings is 1. The molecule has 0 atom stereocenters. The lowest BCUT2D eigenvalue weighted by atomic mass is 10.1. The minimum Gasteiger partial charge on any atom is -0.382 e. The number of aromatic nitrogens is 5. The van der Waals surface area contributed by atoms with Crippen molar-refractivity contribution in [2.75, 3.05) is 19.8 Å². The fourth-order valence-electron chi connectivity index (χ4n) is 3.07. The lowest BCUT2D eigenvalue weighted by Crippen LogP contribution is -2.38. The average molecular weight is 552 g/mol. The van der Waals surface area contributed by atoms with Gasteiger partial charge in [-0.3, -0.25) is 4.68 Å². The molecular weight excluding hydrogens is 519 g/mol. The zero-order valence-electron chi connectivity index (χ0n) is 19.0. The molecule has 0 fully saturated rings. The predicted octanol–water partition coefficient (Wildman–Crippen LogP) is 2.65. The summed E-state index contributed by atoms with van der Waals surface area (Å²) in [6.45, 7) is 8.02. The van der Waals surface area contributed by atoms with Crippen molar-refractivity contribution in [2.24, 2.45) is 12.0 Å². The molecule has 0 saturated heterocycles. The summed E-state index contributed by atoms with van der Waals surface area (Å²) in [5.41, 5.74) is 2.37. The van der Waals surface area contributed by atoms with Crippen LogP contribution < -0.4 is 10.6 Å². The molecule has 0 radical (unpaired) electrons. The number of aliphatic imine (C=N–C) groups is 1. The van der Waals surface area contributed by atoms with Crippen molar-refractivity contribution in [1.29, 1.82) is 0 Å². The van der Waals surface area contributed by atoms with E-state index < -0.39 is 0 Å². The van der Waals surface area contributed by atoms with Crippen LogP contribution in [-0.4, -0.2) is 50.3 Å². The normalized spacial score (nSPS) is 11.3. The van der Waals surface area contributed by atoms with Gasteiger partial charge in [0.2, 0.25) is 0 Å². The highest BCUT2D eigenvalue weighted by atomic mass is 127. The first-order valence-electron chi connectivity index (χ1n) is 10.7. The monoisotopic (exact) mass is 552 g/mol. The van der Waals surface area contributed by atoms with Gasteiger partial charge in [0.15, 0.2) is 11.8 Å². The highest BCUT2D eigenvalue weighted by Gasteiger charge is 2.07. The van der Waals surface area contributed by atoms with Gasteiger partial charge in [0.05, 0.1) is 19.6 Å². The molecule has 2 heterocycles. The van der Waals surface area contributed by atoms with Crippen LogP contribution in [0.1, 0.15) is 36.1 Å². The quantitative estimate of drug-likeness (QED) is 0.165. The van der Waals surface area contributed by atoms with E-state index in [-0.39, 0.29) is 24.0 Å². The van der Waals surface area contributed by atoms with E-state index >= 15 is 0 Å². The summed E-state index contributed by atoms with van der Waals surface area (Å²) >= 11 is 0. The number of ether oxygens (including phenoxy) is 1. The van der Waals surface area contributed by atoms with Gasteiger partial charge in [0.1, 0.15) is 5.82 Å². The highest BCUT2D eigenvalue weighted by molar-refractivity contribution is 14.0. The number of nitrogens with zero attached hydrogens (tertiary/aromatic N) is 6. The van der Waals surface area contributed by atoms with Crippen LogP contribution in [-0.2, 0) is 31.4 Å². The zero-order valence-corrected chi connectivity index (χ0v) is 21.3. The maximum atomic E-state index is 5.43. The van der Waals surface area contributed by atoms with Crippen LogP contribution in [0.2, 0.25) is 0 Å². The van der Waals surface area contributed by atoms with Crippen LogP contribution in [0.4, 0.5) is 0 Å². The summed E-state index contributed by atoms with van der Waals surface area (Å²) in [7, 11) is 1.96. The fraction of sp³-hybridized carbons (Fsp3) is 0.455. The van der Waals surface area contributed by atoms with E-state index in [2.05, 4.69) is 38.1 Å². The number of halogens is 1. The van der Waals surface area contributed by atoms with E-state index in [1.807, 2.05) is 54.5 Å². The van der Waals surface area contributed by atoms with E-state index in [4.69, 9.17) is 9.73 Å². The van der Waals surface area contributed by atoms with Crippen molar-refractivity contribution >= 4 is 29.9 Å². The molecule has 0 amide bonds. The number of nitrogens with one attached hydrogen (secondary N) is 2. The van der Waals surface area contributed by atoms with Gasteiger partial charge < -0.3 is 19.9 Å². The number of hydrogen-bond acceptors (Lipinski definition) is 5. The summed E-state index contributed by atoms with van der Waals surface area (Å²) in [6.07, 6.45) is 4.67. The Morgan fingerprint density at radius 2 is 1.94 bits per heavy atom. The minimum atomic E-state index is 0. The van der Waals surface area contributed by atoms with E-state index in [1.54, 1.807) is 6.20 Å². The molecule has 0 aliphatic carbocycles. The Bertz CT molecular complexity index is 955. The number of aryl methyl sites for hydroxylation is 1. The van der Waals surface area contributed by atoms with Crippen LogP contribution in [0, 0.1) is 6.92 Å². The Morgan fingerprint density at radius 1 is 1.12 bits per heavy atom. The molecule has 0 spiro atoms. The molecule has 0 aliphatic rings. The number of guanidine groups is 1. The molecule has 2 N–H and O–H groups in total. The van der Waals surface area contributed by atoms with E-state index in [0.717, 1.165) is 50.3 Å². The lowest BCUT2D eigenvalue weighted by molar-refractivity contribution is 0.145. The second-order valence-corrected chi connectivity index (χ2v) is 7.19. The third-order valence-electron chi connectivity index (χ3n) is 4.98. The van der Waals surface area contributed by atoms with Crippen LogP contribution >= 0.6 is 24.0 Å². The van der Waals surface area contributed by atoms with Crippen molar-refractivity contribution in [3.8, 4) is 0 Å². The first-order valence-corrected chi connectivity index (χ1v) is 10.7. The molecule has 2 aromatic heterocycles. The van der Waals surface area contributed by atoms with Gasteiger partial charge in [0.25, 0.3) is 0 Å². The molecule has 0 aliphatic heterocycles. The molecule has 0 saturated carbocycles. The van der Waals surface area contributed by atoms with Crippen molar-refractivity contribution in [3.05, 3.63) is 65.5 Å². The Labute approximate surface area is 206 Å². The number of hydrogen-bond donors (Lipinski definition) is 2. The molecule has 3 aromatic rings. The second-order valence-electron chi connectivity index (χ2n) is 7.19. The SMILES string of the molecule is CCOCCCNC(=NCc1ccccc1Cn1cccn1)NCc1nnc(C)n1C.I. The first kappa shape index (κ1) is 25.8. The molecule has 174 valence electrons. The van der Waals surface area contributed by atoms with Crippen LogP contribution in [0.25, 0.3) is 0 Å². The summed E-state index contributed by atoms with van der Waals surface area (Å²) < 4.78 is 9.32. The van der Waals surface area contributed by atoms with Crippen LogP contribution in [0.15, 0.2) is 47.7 Å². The Balaban J connectivity index is 0.00000363. The van der Waals surface area contributed by atoms with E-state index in [9.17, 15) is 0 Å². The minimum absolute atomic E-state index is 0. The van der Waals surface area contributed by atoms with Crippen LogP contribution in [0.3, 0.4) is 0 Å².